The van der Waals surface area contributed by atoms with E-state index in [0.717, 1.165) is 16.9 Å². The highest BCUT2D eigenvalue weighted by atomic mass is 19.1. The zero-order valence-corrected chi connectivity index (χ0v) is 20.9. The van der Waals surface area contributed by atoms with E-state index in [2.05, 4.69) is 20.6 Å². The number of halogens is 1. The molecule has 0 aliphatic rings. The monoisotopic (exact) mass is 498 g/mol. The number of aromatic nitrogens is 4. The van der Waals surface area contributed by atoms with Crippen molar-refractivity contribution < 1.29 is 14.0 Å². The van der Waals surface area contributed by atoms with Crippen LogP contribution in [0.2, 0.25) is 0 Å². The summed E-state index contributed by atoms with van der Waals surface area (Å²) >= 11 is 0. The number of carbonyl (C=O) groups is 2. The second-order valence-corrected chi connectivity index (χ2v) is 8.81. The first-order valence-corrected chi connectivity index (χ1v) is 12.1. The predicted octanol–water partition coefficient (Wildman–Crippen LogP) is 4.68. The fourth-order valence-electron chi connectivity index (χ4n) is 4.68. The van der Waals surface area contributed by atoms with E-state index in [1.165, 1.54) is 13.0 Å². The lowest BCUT2D eigenvalue weighted by Crippen LogP contribution is -2.27. The molecule has 2 heterocycles. The minimum atomic E-state index is -0.400. The average Bonchev–Trinajstić information content (AvgIpc) is 3.40. The van der Waals surface area contributed by atoms with E-state index in [1.54, 1.807) is 30.3 Å². The van der Waals surface area contributed by atoms with Crippen molar-refractivity contribution >= 4 is 39.6 Å². The van der Waals surface area contributed by atoms with E-state index in [0.29, 0.717) is 53.2 Å². The molecule has 188 valence electrons. The number of hydrogen-bond acceptors (Lipinski definition) is 4. The first kappa shape index (κ1) is 24.2. The van der Waals surface area contributed by atoms with Gasteiger partial charge in [-0.15, -0.1) is 0 Å². The summed E-state index contributed by atoms with van der Waals surface area (Å²) in [5.41, 5.74) is 4.14. The van der Waals surface area contributed by atoms with Crippen LogP contribution in [0.5, 0.6) is 0 Å². The number of hydrogen-bond donors (Lipinski definition) is 2. The lowest BCUT2D eigenvalue weighted by Gasteiger charge is -2.12. The zero-order chi connectivity index (χ0) is 26.1. The van der Waals surface area contributed by atoms with Crippen molar-refractivity contribution in [2.24, 2.45) is 7.05 Å². The summed E-state index contributed by atoms with van der Waals surface area (Å²) in [7, 11) is 1.96. The molecule has 0 bridgehead atoms. The molecule has 0 aliphatic carbocycles. The number of nitrogens with one attached hydrogen (secondary N) is 2. The average molecular weight is 499 g/mol. The van der Waals surface area contributed by atoms with Crippen molar-refractivity contribution in [3.8, 4) is 11.4 Å². The number of nitrogens with zero attached hydrogens (tertiary/aromatic N) is 4. The summed E-state index contributed by atoms with van der Waals surface area (Å²) in [6, 6.07) is 17.6. The molecule has 0 aliphatic heterocycles. The van der Waals surface area contributed by atoms with E-state index in [9.17, 15) is 14.0 Å². The normalized spacial score (nSPS) is 11.2. The number of rotatable bonds is 7. The highest BCUT2D eigenvalue weighted by Gasteiger charge is 2.22. The number of anilines is 1. The molecule has 2 aromatic heterocycles. The fraction of sp³-hybridized carbons (Fsp3) is 0.214. The maximum Gasteiger partial charge on any atom is 0.253 e. The van der Waals surface area contributed by atoms with Gasteiger partial charge >= 0.3 is 0 Å². The van der Waals surface area contributed by atoms with E-state index in [1.807, 2.05) is 47.4 Å². The van der Waals surface area contributed by atoms with Crippen molar-refractivity contribution in [1.29, 1.82) is 0 Å². The number of para-hydroxylation sites is 2. The first-order valence-electron chi connectivity index (χ1n) is 12.1. The zero-order valence-electron chi connectivity index (χ0n) is 20.9. The standard InChI is InChI=1S/C28H27FN6O2/c1-4-35-26-20(28(37)30-14-13-25-32-22-11-7-8-12-24(22)34(25)3)15-18(31-17(2)36)16-23(26)33-27(35)19-9-5-6-10-21(19)29/h5-12,15-16H,4,13-14H2,1-3H3,(H,30,37)(H,31,36). The summed E-state index contributed by atoms with van der Waals surface area (Å²) in [5.74, 6) is 0.300. The van der Waals surface area contributed by atoms with Crippen LogP contribution < -0.4 is 10.6 Å². The molecule has 0 unspecified atom stereocenters. The Morgan fingerprint density at radius 2 is 1.76 bits per heavy atom. The Hall–Kier alpha value is -4.53. The minimum Gasteiger partial charge on any atom is -0.352 e. The molecular weight excluding hydrogens is 471 g/mol. The van der Waals surface area contributed by atoms with Crippen molar-refractivity contribution in [3.63, 3.8) is 0 Å². The molecule has 3 aromatic carbocycles. The molecule has 8 nitrogen and oxygen atoms in total. The first-order chi connectivity index (χ1) is 17.9. The highest BCUT2D eigenvalue weighted by Crippen LogP contribution is 2.31. The van der Waals surface area contributed by atoms with Gasteiger partial charge in [0.15, 0.2) is 0 Å². The van der Waals surface area contributed by atoms with Crippen LogP contribution >= 0.6 is 0 Å². The topological polar surface area (TPSA) is 93.8 Å². The Morgan fingerprint density at radius 1 is 1.00 bits per heavy atom. The van der Waals surface area contributed by atoms with Gasteiger partial charge in [0, 0.05) is 39.2 Å². The number of amides is 2. The number of imidazole rings is 2. The number of benzene rings is 3. The Kier molecular flexibility index (Phi) is 6.43. The third-order valence-electron chi connectivity index (χ3n) is 6.35. The lowest BCUT2D eigenvalue weighted by molar-refractivity contribution is -0.114. The van der Waals surface area contributed by atoms with Gasteiger partial charge < -0.3 is 19.8 Å². The third-order valence-corrected chi connectivity index (χ3v) is 6.35. The van der Waals surface area contributed by atoms with Crippen molar-refractivity contribution in [2.45, 2.75) is 26.8 Å². The number of fused-ring (bicyclic) bond motifs is 2. The SMILES string of the molecule is CCn1c(-c2ccccc2F)nc2cc(NC(C)=O)cc(C(=O)NCCc3nc4ccccc4n3C)c21. The smallest absolute Gasteiger partial charge is 0.253 e. The lowest BCUT2D eigenvalue weighted by atomic mass is 10.1. The van der Waals surface area contributed by atoms with Crippen LogP contribution in [0.15, 0.2) is 60.7 Å². The van der Waals surface area contributed by atoms with Gasteiger partial charge in [0.1, 0.15) is 17.5 Å². The van der Waals surface area contributed by atoms with Crippen molar-refractivity contribution in [1.82, 2.24) is 24.4 Å². The van der Waals surface area contributed by atoms with Crippen LogP contribution in [0.25, 0.3) is 33.5 Å². The number of aryl methyl sites for hydroxylation is 2. The molecule has 0 spiro atoms. The van der Waals surface area contributed by atoms with Crippen LogP contribution in [-0.4, -0.2) is 37.5 Å². The van der Waals surface area contributed by atoms with Gasteiger partial charge in [-0.3, -0.25) is 9.59 Å². The van der Waals surface area contributed by atoms with E-state index < -0.39 is 5.82 Å². The summed E-state index contributed by atoms with van der Waals surface area (Å²) in [6.07, 6.45) is 0.541. The molecule has 2 N–H and O–H groups in total. The van der Waals surface area contributed by atoms with Crippen molar-refractivity contribution in [2.75, 3.05) is 11.9 Å². The van der Waals surface area contributed by atoms with Crippen LogP contribution in [0.1, 0.15) is 30.0 Å². The maximum atomic E-state index is 14.7. The third kappa shape index (κ3) is 4.55. The van der Waals surface area contributed by atoms with Crippen LogP contribution in [-0.2, 0) is 24.8 Å². The Bertz CT molecular complexity index is 1650. The molecule has 0 radical (unpaired) electrons. The van der Waals surface area contributed by atoms with E-state index in [4.69, 9.17) is 0 Å². The van der Waals surface area contributed by atoms with Gasteiger partial charge in [-0.1, -0.05) is 24.3 Å². The van der Waals surface area contributed by atoms with Gasteiger partial charge in [0.05, 0.1) is 33.2 Å². The quantitative estimate of drug-likeness (QED) is 0.341. The Morgan fingerprint density at radius 3 is 2.49 bits per heavy atom. The molecule has 9 heteroatoms. The molecule has 5 rings (SSSR count). The van der Waals surface area contributed by atoms with Crippen LogP contribution in [0.4, 0.5) is 10.1 Å². The minimum absolute atomic E-state index is 0.267. The molecule has 5 aromatic rings. The molecule has 37 heavy (non-hydrogen) atoms. The van der Waals surface area contributed by atoms with Gasteiger partial charge in [-0.25, -0.2) is 14.4 Å². The summed E-state index contributed by atoms with van der Waals surface area (Å²) in [4.78, 5) is 34.6. The fourth-order valence-corrected chi connectivity index (χ4v) is 4.68. The van der Waals surface area contributed by atoms with Crippen LogP contribution in [0, 0.1) is 5.82 Å². The van der Waals surface area contributed by atoms with E-state index in [-0.39, 0.29) is 11.8 Å². The van der Waals surface area contributed by atoms with Crippen LogP contribution in [0.3, 0.4) is 0 Å². The molecule has 0 saturated carbocycles. The van der Waals surface area contributed by atoms with Gasteiger partial charge in [-0.2, -0.15) is 0 Å². The Balaban J connectivity index is 1.50. The van der Waals surface area contributed by atoms with Gasteiger partial charge in [-0.05, 0) is 43.3 Å². The van der Waals surface area contributed by atoms with Crippen molar-refractivity contribution in [3.05, 3.63) is 77.9 Å². The summed E-state index contributed by atoms with van der Waals surface area (Å²) in [5, 5.41) is 5.72. The van der Waals surface area contributed by atoms with E-state index >= 15 is 0 Å². The summed E-state index contributed by atoms with van der Waals surface area (Å²) in [6.45, 7) is 4.15. The molecule has 0 fully saturated rings. The highest BCUT2D eigenvalue weighted by molar-refractivity contribution is 6.08. The number of carbonyl (C=O) groups excluding carboxylic acids is 2. The Labute approximate surface area is 213 Å². The molecule has 2 amide bonds. The second-order valence-electron chi connectivity index (χ2n) is 8.81. The second kappa shape index (κ2) is 9.85. The molecule has 0 saturated heterocycles. The molecular formula is C28H27FN6O2. The van der Waals surface area contributed by atoms with Gasteiger partial charge in [0.25, 0.3) is 5.91 Å². The van der Waals surface area contributed by atoms with Gasteiger partial charge in [0.2, 0.25) is 5.91 Å². The largest absolute Gasteiger partial charge is 0.352 e. The maximum absolute atomic E-state index is 14.7. The summed E-state index contributed by atoms with van der Waals surface area (Å²) < 4.78 is 18.5. The molecule has 0 atom stereocenters. The predicted molar refractivity (Wildman–Crippen MR) is 142 cm³/mol.